The van der Waals surface area contributed by atoms with E-state index in [1.54, 1.807) is 22.9 Å². The summed E-state index contributed by atoms with van der Waals surface area (Å²) >= 11 is 0. The number of nitrogens with two attached hydrogens (primary N) is 1. The highest BCUT2D eigenvalue weighted by atomic mass is 16.1. The zero-order valence-corrected chi connectivity index (χ0v) is 7.21. The SMILES string of the molecule is NC(=O)c1cccc(-[n+]2cnn[nH]2)c1. The molecule has 70 valence electrons. The van der Waals surface area contributed by atoms with Gasteiger partial charge in [0, 0.05) is 5.56 Å². The van der Waals surface area contributed by atoms with E-state index in [0.717, 1.165) is 5.69 Å². The highest BCUT2D eigenvalue weighted by molar-refractivity contribution is 5.93. The lowest BCUT2D eigenvalue weighted by molar-refractivity contribution is -0.660. The van der Waals surface area contributed by atoms with E-state index in [1.165, 1.54) is 6.33 Å². The van der Waals surface area contributed by atoms with E-state index >= 15 is 0 Å². The van der Waals surface area contributed by atoms with Gasteiger partial charge in [0.15, 0.2) is 5.21 Å². The van der Waals surface area contributed by atoms with Crippen molar-refractivity contribution in [2.45, 2.75) is 0 Å². The molecule has 6 nitrogen and oxygen atoms in total. The number of benzene rings is 1. The number of hydrogen-bond acceptors (Lipinski definition) is 3. The van der Waals surface area contributed by atoms with Crippen molar-refractivity contribution in [3.63, 3.8) is 0 Å². The van der Waals surface area contributed by atoms with Gasteiger partial charge in [0.25, 0.3) is 6.33 Å². The molecule has 1 aromatic carbocycles. The van der Waals surface area contributed by atoms with Gasteiger partial charge in [-0.15, -0.1) is 4.68 Å². The summed E-state index contributed by atoms with van der Waals surface area (Å²) in [4.78, 5) is 10.9. The molecule has 0 aliphatic carbocycles. The molecule has 6 heteroatoms. The Bertz CT molecular complexity index is 451. The molecule has 0 aliphatic rings. The van der Waals surface area contributed by atoms with Gasteiger partial charge < -0.3 is 5.73 Å². The number of carbonyl (C=O) groups excluding carboxylic acids is 1. The summed E-state index contributed by atoms with van der Waals surface area (Å²) in [6, 6.07) is 6.86. The van der Waals surface area contributed by atoms with Crippen LogP contribution >= 0.6 is 0 Å². The number of H-pyrrole nitrogens is 1. The fraction of sp³-hybridized carbons (Fsp3) is 0. The molecule has 0 saturated carbocycles. The maximum atomic E-state index is 10.9. The maximum absolute atomic E-state index is 10.9. The number of nitrogens with one attached hydrogen (secondary N) is 1. The second-order valence-corrected chi connectivity index (χ2v) is 2.72. The van der Waals surface area contributed by atoms with Gasteiger partial charge in [0.2, 0.25) is 5.91 Å². The van der Waals surface area contributed by atoms with Gasteiger partial charge in [0.05, 0.1) is 0 Å². The Morgan fingerprint density at radius 3 is 3.00 bits per heavy atom. The van der Waals surface area contributed by atoms with E-state index < -0.39 is 5.91 Å². The molecule has 0 aliphatic heterocycles. The first-order chi connectivity index (χ1) is 6.77. The van der Waals surface area contributed by atoms with Gasteiger partial charge in [-0.1, -0.05) is 11.3 Å². The molecule has 2 aromatic rings. The molecule has 1 heterocycles. The first-order valence-electron chi connectivity index (χ1n) is 3.95. The monoisotopic (exact) mass is 190 g/mol. The van der Waals surface area contributed by atoms with Crippen molar-refractivity contribution in [3.8, 4) is 5.69 Å². The van der Waals surface area contributed by atoms with E-state index in [2.05, 4.69) is 15.5 Å². The minimum atomic E-state index is -0.458. The van der Waals surface area contributed by atoms with Crippen molar-refractivity contribution in [3.05, 3.63) is 36.2 Å². The fourth-order valence-electron chi connectivity index (χ4n) is 1.11. The van der Waals surface area contributed by atoms with Gasteiger partial charge >= 0.3 is 0 Å². The Hall–Kier alpha value is -2.24. The van der Waals surface area contributed by atoms with Crippen LogP contribution < -0.4 is 10.4 Å². The summed E-state index contributed by atoms with van der Waals surface area (Å²) in [5, 5.41) is 9.78. The van der Waals surface area contributed by atoms with Gasteiger partial charge in [0.1, 0.15) is 10.8 Å². The number of aromatic nitrogens is 4. The van der Waals surface area contributed by atoms with Gasteiger partial charge in [-0.05, 0) is 18.2 Å². The Balaban J connectivity index is 2.46. The first-order valence-corrected chi connectivity index (χ1v) is 3.95. The topological polar surface area (TPSA) is 88.5 Å². The lowest BCUT2D eigenvalue weighted by Gasteiger charge is -1.97. The second kappa shape index (κ2) is 3.25. The van der Waals surface area contributed by atoms with Crippen LogP contribution in [-0.4, -0.2) is 21.4 Å². The van der Waals surface area contributed by atoms with Crippen molar-refractivity contribution in [1.82, 2.24) is 15.5 Å². The molecular formula is C8H8N5O+. The van der Waals surface area contributed by atoms with Crippen molar-refractivity contribution in [1.29, 1.82) is 0 Å². The zero-order valence-electron chi connectivity index (χ0n) is 7.21. The molecule has 0 radical (unpaired) electrons. The number of nitrogens with zero attached hydrogens (tertiary/aromatic N) is 3. The third kappa shape index (κ3) is 1.45. The standard InChI is InChI=1S/C8H7N5O/c9-8(14)6-2-1-3-7(4-6)13-5-10-11-12-13/h1-5H,(H2,9,14)/p+1. The minimum Gasteiger partial charge on any atom is -0.366 e. The van der Waals surface area contributed by atoms with Crippen LogP contribution in [0.2, 0.25) is 0 Å². The third-order valence-corrected chi connectivity index (χ3v) is 1.79. The second-order valence-electron chi connectivity index (χ2n) is 2.72. The fourth-order valence-corrected chi connectivity index (χ4v) is 1.11. The number of rotatable bonds is 2. The highest BCUT2D eigenvalue weighted by Crippen LogP contribution is 2.02. The number of amides is 1. The minimum absolute atomic E-state index is 0.449. The Labute approximate surface area is 79.3 Å². The predicted octanol–water partition coefficient (Wildman–Crippen LogP) is -0.820. The van der Waals surface area contributed by atoms with Crippen molar-refractivity contribution in [2.75, 3.05) is 0 Å². The van der Waals surface area contributed by atoms with Crippen LogP contribution in [0, 0.1) is 0 Å². The quantitative estimate of drug-likeness (QED) is 0.606. The number of tetrazole rings is 1. The largest absolute Gasteiger partial charge is 0.366 e. The van der Waals surface area contributed by atoms with Crippen LogP contribution in [-0.2, 0) is 0 Å². The molecule has 0 unspecified atom stereocenters. The van der Waals surface area contributed by atoms with Crippen LogP contribution in [0.15, 0.2) is 30.6 Å². The van der Waals surface area contributed by atoms with Crippen LogP contribution in [0.4, 0.5) is 0 Å². The molecular weight excluding hydrogens is 182 g/mol. The molecule has 0 saturated heterocycles. The molecule has 1 aromatic heterocycles. The number of aromatic amines is 1. The van der Waals surface area contributed by atoms with Gasteiger partial charge in [-0.3, -0.25) is 4.79 Å². The van der Waals surface area contributed by atoms with Crippen LogP contribution in [0.3, 0.4) is 0 Å². The number of primary amides is 1. The molecule has 0 atom stereocenters. The van der Waals surface area contributed by atoms with Gasteiger partial charge in [-0.25, -0.2) is 0 Å². The van der Waals surface area contributed by atoms with Crippen molar-refractivity contribution >= 4 is 5.91 Å². The summed E-state index contributed by atoms with van der Waals surface area (Å²) in [7, 11) is 0. The molecule has 2 rings (SSSR count). The summed E-state index contributed by atoms with van der Waals surface area (Å²) in [5.74, 6) is -0.458. The van der Waals surface area contributed by atoms with Crippen LogP contribution in [0.5, 0.6) is 0 Å². The summed E-state index contributed by atoms with van der Waals surface area (Å²) in [5.41, 5.74) is 6.35. The average molecular weight is 190 g/mol. The normalized spacial score (nSPS) is 10.0. The molecule has 0 bridgehead atoms. The predicted molar refractivity (Wildman–Crippen MR) is 46.4 cm³/mol. The van der Waals surface area contributed by atoms with E-state index in [9.17, 15) is 4.79 Å². The summed E-state index contributed by atoms with van der Waals surface area (Å²) < 4.78 is 1.58. The molecule has 14 heavy (non-hydrogen) atoms. The highest BCUT2D eigenvalue weighted by Gasteiger charge is 2.06. The van der Waals surface area contributed by atoms with Crippen LogP contribution in [0.25, 0.3) is 5.69 Å². The smallest absolute Gasteiger partial charge is 0.293 e. The molecule has 0 fully saturated rings. The lowest BCUT2D eigenvalue weighted by atomic mass is 10.2. The summed E-state index contributed by atoms with van der Waals surface area (Å²) in [6.07, 6.45) is 1.50. The lowest BCUT2D eigenvalue weighted by Crippen LogP contribution is -2.32. The third-order valence-electron chi connectivity index (χ3n) is 1.79. The van der Waals surface area contributed by atoms with Gasteiger partial charge in [-0.2, -0.15) is 0 Å². The maximum Gasteiger partial charge on any atom is 0.293 e. The Morgan fingerprint density at radius 1 is 1.50 bits per heavy atom. The zero-order chi connectivity index (χ0) is 9.97. The van der Waals surface area contributed by atoms with E-state index in [4.69, 9.17) is 5.73 Å². The Kier molecular flexibility index (Phi) is 1.94. The molecule has 0 spiro atoms. The molecule has 1 amide bonds. The van der Waals surface area contributed by atoms with Crippen molar-refractivity contribution < 1.29 is 9.48 Å². The van der Waals surface area contributed by atoms with Crippen molar-refractivity contribution in [2.24, 2.45) is 5.73 Å². The van der Waals surface area contributed by atoms with E-state index in [0.29, 0.717) is 5.56 Å². The number of carbonyl (C=O) groups is 1. The first kappa shape index (κ1) is 8.36. The summed E-state index contributed by atoms with van der Waals surface area (Å²) in [6.45, 7) is 0. The Morgan fingerprint density at radius 2 is 2.36 bits per heavy atom. The van der Waals surface area contributed by atoms with Crippen LogP contribution in [0.1, 0.15) is 10.4 Å². The number of hydrogen-bond donors (Lipinski definition) is 2. The average Bonchev–Trinajstić information content (AvgIpc) is 2.71. The van der Waals surface area contributed by atoms with E-state index in [-0.39, 0.29) is 0 Å². The van der Waals surface area contributed by atoms with E-state index in [1.807, 2.05) is 6.07 Å². The molecule has 3 N–H and O–H groups in total.